The Morgan fingerprint density at radius 1 is 1.26 bits per heavy atom. The summed E-state index contributed by atoms with van der Waals surface area (Å²) >= 11 is 0. The van der Waals surface area contributed by atoms with Gasteiger partial charge in [0, 0.05) is 18.7 Å². The van der Waals surface area contributed by atoms with Crippen LogP contribution in [-0.4, -0.2) is 36.1 Å². The number of anilines is 1. The predicted molar refractivity (Wildman–Crippen MR) is 84.3 cm³/mol. The minimum Gasteiger partial charge on any atom is -0.481 e. The molecule has 6 heteroatoms. The number of carboxylic acids is 1. The van der Waals surface area contributed by atoms with Crippen LogP contribution in [0.1, 0.15) is 43.0 Å². The second-order valence-electron chi connectivity index (χ2n) is 5.63. The lowest BCUT2D eigenvalue weighted by Crippen LogP contribution is -2.25. The van der Waals surface area contributed by atoms with E-state index in [9.17, 15) is 14.4 Å². The Balaban J connectivity index is 1.95. The Morgan fingerprint density at radius 2 is 1.96 bits per heavy atom. The van der Waals surface area contributed by atoms with Crippen molar-refractivity contribution < 1.29 is 24.2 Å². The third-order valence-electron chi connectivity index (χ3n) is 3.87. The molecule has 124 valence electrons. The SMILES string of the molecule is CCCCCOC(=O)c1ccc(N2C[C@H](C(=O)O)CC2=O)cc1. The zero-order chi connectivity index (χ0) is 16.8. The number of hydrogen-bond acceptors (Lipinski definition) is 4. The minimum atomic E-state index is -0.965. The maximum atomic E-state index is 11.9. The van der Waals surface area contributed by atoms with Crippen molar-refractivity contribution in [3.05, 3.63) is 29.8 Å². The van der Waals surface area contributed by atoms with Crippen molar-refractivity contribution in [2.24, 2.45) is 5.92 Å². The fourth-order valence-electron chi connectivity index (χ4n) is 2.50. The third-order valence-corrected chi connectivity index (χ3v) is 3.87. The molecule has 0 unspecified atom stereocenters. The molecule has 0 spiro atoms. The van der Waals surface area contributed by atoms with Gasteiger partial charge in [0.15, 0.2) is 0 Å². The zero-order valence-electron chi connectivity index (χ0n) is 13.2. The number of rotatable bonds is 7. The van der Waals surface area contributed by atoms with E-state index in [1.165, 1.54) is 4.90 Å². The van der Waals surface area contributed by atoms with Gasteiger partial charge in [0.25, 0.3) is 0 Å². The molecule has 0 bridgehead atoms. The summed E-state index contributed by atoms with van der Waals surface area (Å²) in [7, 11) is 0. The summed E-state index contributed by atoms with van der Waals surface area (Å²) in [5.41, 5.74) is 1.02. The van der Waals surface area contributed by atoms with E-state index in [2.05, 4.69) is 6.92 Å². The lowest BCUT2D eigenvalue weighted by molar-refractivity contribution is -0.141. The fourth-order valence-corrected chi connectivity index (χ4v) is 2.50. The highest BCUT2D eigenvalue weighted by molar-refractivity contribution is 5.99. The standard InChI is InChI=1S/C17H21NO5/c1-2-3-4-9-23-17(22)12-5-7-14(8-6-12)18-11-13(16(20)21)10-15(18)19/h5-8,13H,2-4,9-11H2,1H3,(H,20,21)/t13-/m1/s1. The van der Waals surface area contributed by atoms with E-state index in [0.29, 0.717) is 17.9 Å². The van der Waals surface area contributed by atoms with Gasteiger partial charge in [-0.2, -0.15) is 0 Å². The molecule has 1 saturated heterocycles. The van der Waals surface area contributed by atoms with Crippen LogP contribution in [0.25, 0.3) is 0 Å². The number of esters is 1. The van der Waals surface area contributed by atoms with E-state index in [4.69, 9.17) is 9.84 Å². The summed E-state index contributed by atoms with van der Waals surface area (Å²) in [6.45, 7) is 2.64. The average molecular weight is 319 g/mol. The van der Waals surface area contributed by atoms with E-state index in [1.807, 2.05) is 0 Å². The minimum absolute atomic E-state index is 0.0105. The van der Waals surface area contributed by atoms with Gasteiger partial charge in [0.1, 0.15) is 0 Å². The van der Waals surface area contributed by atoms with Crippen LogP contribution in [0.3, 0.4) is 0 Å². The van der Waals surface area contributed by atoms with Crippen molar-refractivity contribution in [1.82, 2.24) is 0 Å². The van der Waals surface area contributed by atoms with Crippen molar-refractivity contribution in [2.45, 2.75) is 32.6 Å². The number of carboxylic acid groups (broad SMARTS) is 1. The first-order valence-electron chi connectivity index (χ1n) is 7.83. The monoisotopic (exact) mass is 319 g/mol. The van der Waals surface area contributed by atoms with Crippen molar-refractivity contribution in [3.8, 4) is 0 Å². The molecule has 1 aromatic rings. The molecule has 0 aromatic heterocycles. The Bertz CT molecular complexity index is 581. The second-order valence-corrected chi connectivity index (χ2v) is 5.63. The molecule has 1 fully saturated rings. The number of carbonyl (C=O) groups is 3. The highest BCUT2D eigenvalue weighted by Gasteiger charge is 2.35. The van der Waals surface area contributed by atoms with Crippen LogP contribution in [-0.2, 0) is 14.3 Å². The van der Waals surface area contributed by atoms with Crippen LogP contribution in [0.15, 0.2) is 24.3 Å². The summed E-state index contributed by atoms with van der Waals surface area (Å²) in [5, 5.41) is 8.99. The summed E-state index contributed by atoms with van der Waals surface area (Å²) < 4.78 is 5.17. The first-order valence-corrected chi connectivity index (χ1v) is 7.83. The highest BCUT2D eigenvalue weighted by Crippen LogP contribution is 2.25. The molecule has 0 aliphatic carbocycles. The quantitative estimate of drug-likeness (QED) is 0.616. The maximum absolute atomic E-state index is 11.9. The summed E-state index contributed by atoms with van der Waals surface area (Å²) in [4.78, 5) is 36.2. The van der Waals surface area contributed by atoms with Gasteiger partial charge in [-0.25, -0.2) is 4.79 Å². The molecule has 6 nitrogen and oxygen atoms in total. The lowest BCUT2D eigenvalue weighted by atomic mass is 10.1. The molecular formula is C17H21NO5. The van der Waals surface area contributed by atoms with Gasteiger partial charge < -0.3 is 14.7 Å². The van der Waals surface area contributed by atoms with Crippen molar-refractivity contribution >= 4 is 23.5 Å². The van der Waals surface area contributed by atoms with E-state index in [1.54, 1.807) is 24.3 Å². The molecule has 23 heavy (non-hydrogen) atoms. The van der Waals surface area contributed by atoms with Crippen LogP contribution in [0.2, 0.25) is 0 Å². The number of ether oxygens (including phenoxy) is 1. The fraction of sp³-hybridized carbons (Fsp3) is 0.471. The van der Waals surface area contributed by atoms with E-state index in [0.717, 1.165) is 19.3 Å². The molecule has 1 aliphatic heterocycles. The van der Waals surface area contributed by atoms with Gasteiger partial charge in [-0.15, -0.1) is 0 Å². The first-order chi connectivity index (χ1) is 11.0. The largest absolute Gasteiger partial charge is 0.481 e. The second kappa shape index (κ2) is 7.76. The molecule has 1 N–H and O–H groups in total. The van der Waals surface area contributed by atoms with Gasteiger partial charge in [-0.1, -0.05) is 19.8 Å². The van der Waals surface area contributed by atoms with Crippen LogP contribution in [0, 0.1) is 5.92 Å². The summed E-state index contributed by atoms with van der Waals surface area (Å²) in [5.74, 6) is -2.24. The molecule has 0 radical (unpaired) electrons. The van der Waals surface area contributed by atoms with Crippen LogP contribution >= 0.6 is 0 Å². The molecule has 1 aliphatic rings. The molecule has 1 amide bonds. The van der Waals surface area contributed by atoms with Crippen LogP contribution in [0.5, 0.6) is 0 Å². The van der Waals surface area contributed by atoms with E-state index in [-0.39, 0.29) is 24.8 Å². The molecule has 1 heterocycles. The smallest absolute Gasteiger partial charge is 0.338 e. The summed E-state index contributed by atoms with van der Waals surface area (Å²) in [6.07, 6.45) is 2.94. The molecule has 1 atom stereocenters. The number of aliphatic carboxylic acids is 1. The number of benzene rings is 1. The molecular weight excluding hydrogens is 298 g/mol. The van der Waals surface area contributed by atoms with Crippen LogP contribution < -0.4 is 4.90 Å². The number of nitrogens with zero attached hydrogens (tertiary/aromatic N) is 1. The number of amides is 1. The van der Waals surface area contributed by atoms with Crippen molar-refractivity contribution in [1.29, 1.82) is 0 Å². The number of unbranched alkanes of at least 4 members (excludes halogenated alkanes) is 2. The summed E-state index contributed by atoms with van der Waals surface area (Å²) in [6, 6.07) is 6.48. The third kappa shape index (κ3) is 4.31. The molecule has 0 saturated carbocycles. The Hall–Kier alpha value is -2.37. The van der Waals surface area contributed by atoms with Crippen molar-refractivity contribution in [3.63, 3.8) is 0 Å². The van der Waals surface area contributed by atoms with Crippen molar-refractivity contribution in [2.75, 3.05) is 18.1 Å². The topological polar surface area (TPSA) is 83.9 Å². The normalized spacial score (nSPS) is 17.3. The number of carbonyl (C=O) groups excluding carboxylic acids is 2. The highest BCUT2D eigenvalue weighted by atomic mass is 16.5. The average Bonchev–Trinajstić information content (AvgIpc) is 2.94. The van der Waals surface area contributed by atoms with E-state index < -0.39 is 11.9 Å². The maximum Gasteiger partial charge on any atom is 0.338 e. The number of hydrogen-bond donors (Lipinski definition) is 1. The van der Waals surface area contributed by atoms with Gasteiger partial charge in [-0.3, -0.25) is 9.59 Å². The van der Waals surface area contributed by atoms with Gasteiger partial charge in [0.05, 0.1) is 18.1 Å². The Morgan fingerprint density at radius 3 is 2.52 bits per heavy atom. The van der Waals surface area contributed by atoms with Crippen LogP contribution in [0.4, 0.5) is 5.69 Å². The zero-order valence-corrected chi connectivity index (χ0v) is 13.2. The first kappa shape index (κ1) is 17.0. The Labute approximate surface area is 135 Å². The van der Waals surface area contributed by atoms with Gasteiger partial charge in [0.2, 0.25) is 5.91 Å². The Kier molecular flexibility index (Phi) is 5.73. The molecule has 1 aromatic carbocycles. The lowest BCUT2D eigenvalue weighted by Gasteiger charge is -2.16. The van der Waals surface area contributed by atoms with Gasteiger partial charge in [-0.05, 0) is 30.7 Å². The predicted octanol–water partition coefficient (Wildman–Crippen LogP) is 2.47. The van der Waals surface area contributed by atoms with Gasteiger partial charge >= 0.3 is 11.9 Å². The molecule has 2 rings (SSSR count). The van der Waals surface area contributed by atoms with E-state index >= 15 is 0 Å².